The molecule has 0 bridgehead atoms. The van der Waals surface area contributed by atoms with E-state index in [0.29, 0.717) is 12.5 Å². The standard InChI is InChI=1S/C16H19NO2/c1-2-9-17-16(15-8-5-10-18-15)13-11-19-14-7-4-3-6-12(13)14/h3-8,10,13,16-17H,2,9,11H2,1H3. The van der Waals surface area contributed by atoms with E-state index >= 15 is 0 Å². The highest BCUT2D eigenvalue weighted by Gasteiger charge is 2.33. The third kappa shape index (κ3) is 2.38. The van der Waals surface area contributed by atoms with Gasteiger partial charge in [0, 0.05) is 11.5 Å². The zero-order chi connectivity index (χ0) is 13.1. The van der Waals surface area contributed by atoms with Gasteiger partial charge in [-0.3, -0.25) is 0 Å². The molecule has 0 aliphatic carbocycles. The number of nitrogens with one attached hydrogen (secondary N) is 1. The normalized spacial score (nSPS) is 18.9. The predicted octanol–water partition coefficient (Wildman–Crippen LogP) is 3.50. The summed E-state index contributed by atoms with van der Waals surface area (Å²) < 4.78 is 11.4. The molecule has 19 heavy (non-hydrogen) atoms. The Morgan fingerprint density at radius 3 is 2.95 bits per heavy atom. The summed E-state index contributed by atoms with van der Waals surface area (Å²) in [7, 11) is 0. The number of hydrogen-bond acceptors (Lipinski definition) is 3. The van der Waals surface area contributed by atoms with Gasteiger partial charge in [-0.2, -0.15) is 0 Å². The molecular formula is C16H19NO2. The van der Waals surface area contributed by atoms with Gasteiger partial charge in [-0.05, 0) is 31.2 Å². The van der Waals surface area contributed by atoms with Crippen LogP contribution in [0.2, 0.25) is 0 Å². The van der Waals surface area contributed by atoms with Crippen LogP contribution in [0.5, 0.6) is 5.75 Å². The summed E-state index contributed by atoms with van der Waals surface area (Å²) in [6.07, 6.45) is 2.84. The Labute approximate surface area is 113 Å². The summed E-state index contributed by atoms with van der Waals surface area (Å²) in [6.45, 7) is 3.86. The molecule has 3 nitrogen and oxygen atoms in total. The van der Waals surface area contributed by atoms with Crippen LogP contribution in [0, 0.1) is 0 Å². The van der Waals surface area contributed by atoms with Crippen LogP contribution in [0.25, 0.3) is 0 Å². The Bertz CT molecular complexity index is 521. The molecule has 3 rings (SSSR count). The molecule has 1 aliphatic rings. The fourth-order valence-corrected chi connectivity index (χ4v) is 2.67. The largest absolute Gasteiger partial charge is 0.493 e. The number of furan rings is 1. The van der Waals surface area contributed by atoms with Gasteiger partial charge in [0.15, 0.2) is 0 Å². The van der Waals surface area contributed by atoms with Crippen LogP contribution in [0.1, 0.15) is 36.6 Å². The Morgan fingerprint density at radius 1 is 1.26 bits per heavy atom. The van der Waals surface area contributed by atoms with Crippen molar-refractivity contribution in [1.29, 1.82) is 0 Å². The van der Waals surface area contributed by atoms with E-state index in [1.54, 1.807) is 6.26 Å². The number of hydrogen-bond donors (Lipinski definition) is 1. The van der Waals surface area contributed by atoms with Crippen molar-refractivity contribution in [1.82, 2.24) is 5.32 Å². The number of fused-ring (bicyclic) bond motifs is 1. The van der Waals surface area contributed by atoms with E-state index in [-0.39, 0.29) is 6.04 Å². The summed E-state index contributed by atoms with van der Waals surface area (Å²) in [5.41, 5.74) is 1.27. The molecule has 2 atom stereocenters. The molecule has 1 aliphatic heterocycles. The van der Waals surface area contributed by atoms with Gasteiger partial charge in [0.25, 0.3) is 0 Å². The summed E-state index contributed by atoms with van der Waals surface area (Å²) in [6, 6.07) is 12.4. The van der Waals surface area contributed by atoms with Crippen molar-refractivity contribution >= 4 is 0 Å². The van der Waals surface area contributed by atoms with Crippen LogP contribution in [-0.2, 0) is 0 Å². The molecule has 0 fully saturated rings. The van der Waals surface area contributed by atoms with Crippen LogP contribution >= 0.6 is 0 Å². The fourth-order valence-electron chi connectivity index (χ4n) is 2.67. The van der Waals surface area contributed by atoms with E-state index < -0.39 is 0 Å². The molecule has 0 amide bonds. The van der Waals surface area contributed by atoms with E-state index in [1.165, 1.54) is 5.56 Å². The number of benzene rings is 1. The first-order chi connectivity index (χ1) is 9.40. The van der Waals surface area contributed by atoms with E-state index in [9.17, 15) is 0 Å². The summed E-state index contributed by atoms with van der Waals surface area (Å²) >= 11 is 0. The molecule has 100 valence electrons. The molecule has 2 unspecified atom stereocenters. The van der Waals surface area contributed by atoms with Crippen molar-refractivity contribution in [3.05, 3.63) is 54.0 Å². The zero-order valence-corrected chi connectivity index (χ0v) is 11.1. The Balaban J connectivity index is 1.89. The van der Waals surface area contributed by atoms with Crippen LogP contribution in [-0.4, -0.2) is 13.2 Å². The minimum Gasteiger partial charge on any atom is -0.493 e. The van der Waals surface area contributed by atoms with Gasteiger partial charge in [-0.1, -0.05) is 25.1 Å². The lowest BCUT2D eigenvalue weighted by Gasteiger charge is -2.22. The molecule has 0 saturated carbocycles. The second-order valence-electron chi connectivity index (χ2n) is 4.90. The van der Waals surface area contributed by atoms with Gasteiger partial charge >= 0.3 is 0 Å². The molecular weight excluding hydrogens is 238 g/mol. The lowest BCUT2D eigenvalue weighted by Crippen LogP contribution is -2.28. The van der Waals surface area contributed by atoms with Crippen molar-refractivity contribution in [3.63, 3.8) is 0 Å². The predicted molar refractivity (Wildman–Crippen MR) is 74.4 cm³/mol. The van der Waals surface area contributed by atoms with Gasteiger partial charge in [0.05, 0.1) is 18.9 Å². The lowest BCUT2D eigenvalue weighted by atomic mass is 9.91. The highest BCUT2D eigenvalue weighted by Crippen LogP contribution is 2.41. The lowest BCUT2D eigenvalue weighted by molar-refractivity contribution is 0.282. The van der Waals surface area contributed by atoms with Crippen molar-refractivity contribution in [2.45, 2.75) is 25.3 Å². The maximum Gasteiger partial charge on any atom is 0.122 e. The van der Waals surface area contributed by atoms with Gasteiger partial charge in [0.2, 0.25) is 0 Å². The topological polar surface area (TPSA) is 34.4 Å². The average molecular weight is 257 g/mol. The van der Waals surface area contributed by atoms with Crippen molar-refractivity contribution in [3.8, 4) is 5.75 Å². The zero-order valence-electron chi connectivity index (χ0n) is 11.1. The summed E-state index contributed by atoms with van der Waals surface area (Å²) in [4.78, 5) is 0. The third-order valence-corrected chi connectivity index (χ3v) is 3.60. The fraction of sp³-hybridized carbons (Fsp3) is 0.375. The molecule has 0 spiro atoms. The second-order valence-corrected chi connectivity index (χ2v) is 4.90. The third-order valence-electron chi connectivity index (χ3n) is 3.60. The second kappa shape index (κ2) is 5.49. The maximum absolute atomic E-state index is 5.79. The molecule has 0 saturated heterocycles. The monoisotopic (exact) mass is 257 g/mol. The first-order valence-corrected chi connectivity index (χ1v) is 6.88. The molecule has 2 aromatic rings. The van der Waals surface area contributed by atoms with Crippen molar-refractivity contribution < 1.29 is 9.15 Å². The quantitative estimate of drug-likeness (QED) is 0.890. The van der Waals surface area contributed by atoms with Crippen LogP contribution in [0.3, 0.4) is 0 Å². The number of rotatable bonds is 5. The molecule has 1 N–H and O–H groups in total. The first kappa shape index (κ1) is 12.3. The Morgan fingerprint density at radius 2 is 2.16 bits per heavy atom. The van der Waals surface area contributed by atoms with Gasteiger partial charge < -0.3 is 14.5 Å². The number of ether oxygens (including phenoxy) is 1. The Hall–Kier alpha value is -1.74. The average Bonchev–Trinajstić information content (AvgIpc) is 3.09. The highest BCUT2D eigenvalue weighted by molar-refractivity contribution is 5.41. The van der Waals surface area contributed by atoms with Crippen molar-refractivity contribution in [2.75, 3.05) is 13.2 Å². The van der Waals surface area contributed by atoms with Crippen molar-refractivity contribution in [2.24, 2.45) is 0 Å². The van der Waals surface area contributed by atoms with Crippen LogP contribution < -0.4 is 10.1 Å². The molecule has 1 aromatic carbocycles. The van der Waals surface area contributed by atoms with Gasteiger partial charge in [0.1, 0.15) is 11.5 Å². The van der Waals surface area contributed by atoms with E-state index in [2.05, 4.69) is 24.4 Å². The van der Waals surface area contributed by atoms with E-state index in [4.69, 9.17) is 9.15 Å². The van der Waals surface area contributed by atoms with Gasteiger partial charge in [-0.15, -0.1) is 0 Å². The smallest absolute Gasteiger partial charge is 0.122 e. The van der Waals surface area contributed by atoms with Gasteiger partial charge in [-0.25, -0.2) is 0 Å². The summed E-state index contributed by atoms with van der Waals surface area (Å²) in [5.74, 6) is 2.30. The van der Waals surface area contributed by atoms with Crippen LogP contribution in [0.15, 0.2) is 47.1 Å². The SMILES string of the molecule is CCCNC(c1ccco1)C1COc2ccccc21. The minimum atomic E-state index is 0.179. The summed E-state index contributed by atoms with van der Waals surface area (Å²) in [5, 5.41) is 3.58. The first-order valence-electron chi connectivity index (χ1n) is 6.88. The number of para-hydroxylation sites is 1. The molecule has 2 heterocycles. The maximum atomic E-state index is 5.79. The molecule has 1 aromatic heterocycles. The van der Waals surface area contributed by atoms with E-state index in [1.807, 2.05) is 24.3 Å². The van der Waals surface area contributed by atoms with E-state index in [0.717, 1.165) is 24.5 Å². The minimum absolute atomic E-state index is 0.179. The highest BCUT2D eigenvalue weighted by atomic mass is 16.5. The van der Waals surface area contributed by atoms with Crippen LogP contribution in [0.4, 0.5) is 0 Å². The molecule has 3 heteroatoms. The Kier molecular flexibility index (Phi) is 3.56. The molecule has 0 radical (unpaired) electrons.